The van der Waals surface area contributed by atoms with Gasteiger partial charge in [-0.15, -0.1) is 11.3 Å². The van der Waals surface area contributed by atoms with Crippen LogP contribution in [-0.2, 0) is 12.0 Å². The summed E-state index contributed by atoms with van der Waals surface area (Å²) in [6, 6.07) is 18.4. The summed E-state index contributed by atoms with van der Waals surface area (Å²) >= 11 is 1.69. The van der Waals surface area contributed by atoms with Crippen LogP contribution in [0.5, 0.6) is 0 Å². The van der Waals surface area contributed by atoms with E-state index >= 15 is 0 Å². The monoisotopic (exact) mass is 434 g/mol. The largest absolute Gasteiger partial charge is 0.322 e. The number of urea groups is 1. The minimum atomic E-state index is -0.0248. The second-order valence-corrected chi connectivity index (χ2v) is 9.89. The van der Waals surface area contributed by atoms with Gasteiger partial charge in [0.2, 0.25) is 0 Å². The molecule has 1 aromatic heterocycles. The number of hydrogen-bond acceptors (Lipinski definition) is 4. The van der Waals surface area contributed by atoms with Gasteiger partial charge in [0, 0.05) is 49.4 Å². The van der Waals surface area contributed by atoms with Crippen LogP contribution in [0.3, 0.4) is 0 Å². The Bertz CT molecular complexity index is 1000. The van der Waals surface area contributed by atoms with Crippen LogP contribution >= 0.6 is 11.3 Å². The van der Waals surface area contributed by atoms with Gasteiger partial charge >= 0.3 is 6.03 Å². The van der Waals surface area contributed by atoms with Crippen LogP contribution in [-0.4, -0.2) is 47.0 Å². The van der Waals surface area contributed by atoms with Gasteiger partial charge in [0.1, 0.15) is 5.01 Å². The number of piperazine rings is 1. The summed E-state index contributed by atoms with van der Waals surface area (Å²) in [4.78, 5) is 21.7. The molecule has 1 aliphatic heterocycles. The van der Waals surface area contributed by atoms with Crippen molar-refractivity contribution < 1.29 is 4.79 Å². The first-order valence-electron chi connectivity index (χ1n) is 10.8. The zero-order valence-electron chi connectivity index (χ0n) is 18.5. The summed E-state index contributed by atoms with van der Waals surface area (Å²) in [5.74, 6) is 0. The van der Waals surface area contributed by atoms with Gasteiger partial charge in [-0.2, -0.15) is 0 Å². The van der Waals surface area contributed by atoms with E-state index in [4.69, 9.17) is 4.98 Å². The molecule has 4 rings (SSSR count). The maximum Gasteiger partial charge on any atom is 0.321 e. The molecule has 162 valence electrons. The molecule has 1 N–H and O–H groups in total. The fraction of sp³-hybridized carbons (Fsp3) is 0.360. The highest BCUT2D eigenvalue weighted by molar-refractivity contribution is 7.13. The van der Waals surface area contributed by atoms with Gasteiger partial charge in [0.15, 0.2) is 0 Å². The molecule has 1 aliphatic rings. The van der Waals surface area contributed by atoms with Crippen LogP contribution in [0.4, 0.5) is 10.5 Å². The van der Waals surface area contributed by atoms with Gasteiger partial charge in [-0.05, 0) is 23.1 Å². The zero-order chi connectivity index (χ0) is 21.8. The van der Waals surface area contributed by atoms with Crippen LogP contribution in [0.2, 0.25) is 0 Å². The van der Waals surface area contributed by atoms with Crippen molar-refractivity contribution in [3.8, 4) is 10.6 Å². The van der Waals surface area contributed by atoms with Crippen molar-refractivity contribution in [3.05, 3.63) is 71.2 Å². The summed E-state index contributed by atoms with van der Waals surface area (Å²) in [5, 5.41) is 6.24. The molecule has 0 aliphatic carbocycles. The number of benzene rings is 2. The van der Waals surface area contributed by atoms with Gasteiger partial charge in [0.25, 0.3) is 0 Å². The Morgan fingerprint density at radius 2 is 1.68 bits per heavy atom. The molecule has 2 heterocycles. The number of hydrogen-bond donors (Lipinski definition) is 1. The van der Waals surface area contributed by atoms with Crippen molar-refractivity contribution in [2.75, 3.05) is 31.5 Å². The predicted octanol–water partition coefficient (Wildman–Crippen LogP) is 5.46. The second-order valence-electron chi connectivity index (χ2n) is 9.03. The predicted molar refractivity (Wildman–Crippen MR) is 129 cm³/mol. The lowest BCUT2D eigenvalue weighted by Gasteiger charge is -2.34. The average Bonchev–Trinajstić information content (AvgIpc) is 3.23. The molecule has 5 nitrogen and oxygen atoms in total. The Kier molecular flexibility index (Phi) is 6.39. The Labute approximate surface area is 188 Å². The van der Waals surface area contributed by atoms with Gasteiger partial charge in [0.05, 0.1) is 5.69 Å². The van der Waals surface area contributed by atoms with Crippen LogP contribution in [0.15, 0.2) is 60.0 Å². The number of amides is 2. The van der Waals surface area contributed by atoms with Gasteiger partial charge in [-0.25, -0.2) is 9.78 Å². The summed E-state index contributed by atoms with van der Waals surface area (Å²) < 4.78 is 0. The van der Waals surface area contributed by atoms with Gasteiger partial charge < -0.3 is 10.2 Å². The fourth-order valence-corrected chi connectivity index (χ4v) is 4.50. The molecule has 2 amide bonds. The number of nitrogens with one attached hydrogen (secondary N) is 1. The first-order valence-corrected chi connectivity index (χ1v) is 11.6. The first-order chi connectivity index (χ1) is 14.9. The molecule has 0 unspecified atom stereocenters. The van der Waals surface area contributed by atoms with E-state index in [-0.39, 0.29) is 11.4 Å². The molecule has 2 aromatic carbocycles. The highest BCUT2D eigenvalue weighted by Gasteiger charge is 2.22. The molecule has 3 aromatic rings. The molecule has 0 atom stereocenters. The number of carbonyl (C=O) groups excluding carboxylic acids is 1. The second kappa shape index (κ2) is 9.20. The van der Waals surface area contributed by atoms with Crippen molar-refractivity contribution in [1.29, 1.82) is 0 Å². The van der Waals surface area contributed by atoms with Crippen LogP contribution < -0.4 is 5.32 Å². The third kappa shape index (κ3) is 5.51. The first kappa shape index (κ1) is 21.5. The molecule has 0 spiro atoms. The number of nitrogens with zero attached hydrogens (tertiary/aromatic N) is 3. The molecule has 31 heavy (non-hydrogen) atoms. The van der Waals surface area contributed by atoms with Crippen molar-refractivity contribution in [3.63, 3.8) is 0 Å². The Morgan fingerprint density at radius 1 is 1.00 bits per heavy atom. The van der Waals surface area contributed by atoms with E-state index in [0.717, 1.165) is 54.7 Å². The topological polar surface area (TPSA) is 48.5 Å². The lowest BCUT2D eigenvalue weighted by atomic mass is 9.87. The maximum atomic E-state index is 12.7. The number of thiazole rings is 1. The molecule has 0 saturated carbocycles. The van der Waals surface area contributed by atoms with Gasteiger partial charge in [-0.1, -0.05) is 63.2 Å². The van der Waals surface area contributed by atoms with E-state index in [1.54, 1.807) is 11.3 Å². The SMILES string of the molecule is CC(C)(C)c1ccc(NC(=O)N2CCN(Cc3csc(-c4ccccc4)n3)CC2)cc1. The van der Waals surface area contributed by atoms with E-state index < -0.39 is 0 Å². The molecular weight excluding hydrogens is 404 g/mol. The highest BCUT2D eigenvalue weighted by atomic mass is 32.1. The van der Waals surface area contributed by atoms with E-state index in [1.807, 2.05) is 35.2 Å². The summed E-state index contributed by atoms with van der Waals surface area (Å²) in [6.07, 6.45) is 0. The van der Waals surface area contributed by atoms with Crippen molar-refractivity contribution in [1.82, 2.24) is 14.8 Å². The van der Waals surface area contributed by atoms with Crippen LogP contribution in [0.25, 0.3) is 10.6 Å². The molecule has 0 bridgehead atoms. The third-order valence-electron chi connectivity index (χ3n) is 5.62. The summed E-state index contributed by atoms with van der Waals surface area (Å²) in [6.45, 7) is 10.6. The molecular formula is C25H30N4OS. The molecule has 0 radical (unpaired) electrons. The van der Waals surface area contributed by atoms with E-state index in [9.17, 15) is 4.79 Å². The molecule has 1 saturated heterocycles. The minimum Gasteiger partial charge on any atom is -0.322 e. The summed E-state index contributed by atoms with van der Waals surface area (Å²) in [5.41, 5.74) is 4.47. The number of carbonyl (C=O) groups is 1. The Hall–Kier alpha value is -2.70. The fourth-order valence-electron chi connectivity index (χ4n) is 3.69. The van der Waals surface area contributed by atoms with E-state index in [2.05, 4.69) is 60.6 Å². The number of aromatic nitrogens is 1. The van der Waals surface area contributed by atoms with Crippen LogP contribution in [0.1, 0.15) is 32.0 Å². The lowest BCUT2D eigenvalue weighted by molar-refractivity contribution is 0.142. The van der Waals surface area contributed by atoms with Crippen molar-refractivity contribution in [2.45, 2.75) is 32.7 Å². The average molecular weight is 435 g/mol. The van der Waals surface area contributed by atoms with Crippen molar-refractivity contribution >= 4 is 23.1 Å². The normalized spacial score (nSPS) is 15.1. The Balaban J connectivity index is 1.27. The van der Waals surface area contributed by atoms with Crippen molar-refractivity contribution in [2.24, 2.45) is 0 Å². The number of anilines is 1. The minimum absolute atomic E-state index is 0.0248. The number of rotatable bonds is 4. The smallest absolute Gasteiger partial charge is 0.321 e. The maximum absolute atomic E-state index is 12.7. The highest BCUT2D eigenvalue weighted by Crippen LogP contribution is 2.25. The van der Waals surface area contributed by atoms with E-state index in [0.29, 0.717) is 0 Å². The summed E-state index contributed by atoms with van der Waals surface area (Å²) in [7, 11) is 0. The Morgan fingerprint density at radius 3 is 2.32 bits per heavy atom. The molecule has 6 heteroatoms. The van der Waals surface area contributed by atoms with Crippen LogP contribution in [0, 0.1) is 0 Å². The lowest BCUT2D eigenvalue weighted by Crippen LogP contribution is -2.49. The zero-order valence-corrected chi connectivity index (χ0v) is 19.3. The quantitative estimate of drug-likeness (QED) is 0.593. The molecule has 1 fully saturated rings. The standard InChI is InChI=1S/C25H30N4OS/c1-25(2,3)20-9-11-21(12-10-20)27-24(30)29-15-13-28(14-16-29)17-22-18-31-23(26-22)19-7-5-4-6-8-19/h4-12,18H,13-17H2,1-3H3,(H,27,30). The van der Waals surface area contributed by atoms with E-state index in [1.165, 1.54) is 5.56 Å². The van der Waals surface area contributed by atoms with Gasteiger partial charge in [-0.3, -0.25) is 4.90 Å². The third-order valence-corrected chi connectivity index (χ3v) is 6.56.